The Bertz CT molecular complexity index is 196. The minimum absolute atomic E-state index is 0.364. The van der Waals surface area contributed by atoms with Crippen molar-refractivity contribution in [3.63, 3.8) is 0 Å². The fourth-order valence-electron chi connectivity index (χ4n) is 0.451. The summed E-state index contributed by atoms with van der Waals surface area (Å²) in [5, 5.41) is 4.65. The molecule has 0 spiro atoms. The molecule has 0 radical (unpaired) electrons. The summed E-state index contributed by atoms with van der Waals surface area (Å²) < 4.78 is 22.6. The molecule has 0 unspecified atom stereocenters. The molecule has 0 atom stereocenters. The monoisotopic (exact) mass is 164 g/mol. The molecule has 0 heterocycles. The van der Waals surface area contributed by atoms with Crippen molar-refractivity contribution < 1.29 is 8.42 Å². The molecule has 0 saturated heterocycles. The van der Waals surface area contributed by atoms with Gasteiger partial charge < -0.3 is 0 Å². The molecule has 0 aromatic heterocycles. The molecule has 0 aromatic rings. The fraction of sp³-hybridized carbons (Fsp3) is 0.600. The van der Waals surface area contributed by atoms with Crippen LogP contribution in [0, 0.1) is 0 Å². The maximum Gasteiger partial charge on any atom is 0.274 e. The van der Waals surface area contributed by atoms with Crippen LogP contribution in [0.25, 0.3) is 0 Å². The highest BCUT2D eigenvalue weighted by Crippen LogP contribution is 1.79. The van der Waals surface area contributed by atoms with E-state index in [1.165, 1.54) is 0 Å². The number of nitrogens with two attached hydrogens (primary N) is 1. The Morgan fingerprint density at radius 3 is 2.60 bits per heavy atom. The van der Waals surface area contributed by atoms with Gasteiger partial charge in [0.25, 0.3) is 10.2 Å². The predicted molar refractivity (Wildman–Crippen MR) is 40.5 cm³/mol. The Morgan fingerprint density at radius 2 is 2.20 bits per heavy atom. The SMILES string of the molecule is C/C=C/CCNS(N)(=O)=O. The van der Waals surface area contributed by atoms with Gasteiger partial charge in [0, 0.05) is 6.54 Å². The van der Waals surface area contributed by atoms with Crippen molar-refractivity contribution in [1.82, 2.24) is 4.72 Å². The van der Waals surface area contributed by atoms with Crippen LogP contribution in [0.1, 0.15) is 13.3 Å². The zero-order valence-corrected chi connectivity index (χ0v) is 6.69. The molecule has 0 aromatic carbocycles. The van der Waals surface area contributed by atoms with Crippen molar-refractivity contribution in [3.8, 4) is 0 Å². The fourth-order valence-corrected chi connectivity index (χ4v) is 0.854. The largest absolute Gasteiger partial charge is 0.274 e. The van der Waals surface area contributed by atoms with E-state index in [9.17, 15) is 8.42 Å². The average Bonchev–Trinajstić information content (AvgIpc) is 1.78. The smallest absolute Gasteiger partial charge is 0.216 e. The van der Waals surface area contributed by atoms with Crippen molar-refractivity contribution in [2.75, 3.05) is 6.54 Å². The summed E-state index contributed by atoms with van der Waals surface area (Å²) in [7, 11) is -3.49. The Kier molecular flexibility index (Phi) is 4.26. The lowest BCUT2D eigenvalue weighted by Gasteiger charge is -1.96. The normalized spacial score (nSPS) is 12.6. The minimum atomic E-state index is -3.49. The lowest BCUT2D eigenvalue weighted by molar-refractivity contribution is 0.584. The van der Waals surface area contributed by atoms with Gasteiger partial charge in [-0.3, -0.25) is 0 Å². The van der Waals surface area contributed by atoms with E-state index < -0.39 is 10.2 Å². The zero-order chi connectivity index (χ0) is 8.04. The Hall–Kier alpha value is -0.390. The minimum Gasteiger partial charge on any atom is -0.216 e. The second kappa shape index (κ2) is 4.43. The third-order valence-corrected chi connectivity index (χ3v) is 1.46. The van der Waals surface area contributed by atoms with Gasteiger partial charge >= 0.3 is 0 Å². The highest BCUT2D eigenvalue weighted by molar-refractivity contribution is 7.87. The summed E-state index contributed by atoms with van der Waals surface area (Å²) in [6, 6.07) is 0. The zero-order valence-electron chi connectivity index (χ0n) is 5.87. The van der Waals surface area contributed by atoms with E-state index in [1.807, 2.05) is 19.1 Å². The summed E-state index contributed by atoms with van der Waals surface area (Å²) in [6.07, 6.45) is 4.38. The molecule has 4 nitrogen and oxygen atoms in total. The highest BCUT2D eigenvalue weighted by atomic mass is 32.2. The molecule has 0 aliphatic heterocycles. The van der Waals surface area contributed by atoms with Crippen LogP contribution in [0.3, 0.4) is 0 Å². The van der Waals surface area contributed by atoms with Crippen molar-refractivity contribution in [3.05, 3.63) is 12.2 Å². The second-order valence-electron chi connectivity index (χ2n) is 1.80. The maximum atomic E-state index is 10.2. The lowest BCUT2D eigenvalue weighted by atomic mass is 10.4. The maximum absolute atomic E-state index is 10.2. The number of hydrogen-bond acceptors (Lipinski definition) is 2. The van der Waals surface area contributed by atoms with Gasteiger partial charge in [0.2, 0.25) is 0 Å². The van der Waals surface area contributed by atoms with E-state index in [4.69, 9.17) is 0 Å². The van der Waals surface area contributed by atoms with Crippen LogP contribution in [0.4, 0.5) is 0 Å². The van der Waals surface area contributed by atoms with Gasteiger partial charge in [-0.2, -0.15) is 8.42 Å². The summed E-state index contributed by atoms with van der Waals surface area (Å²) in [5.74, 6) is 0. The predicted octanol–water partition coefficient (Wildman–Crippen LogP) is -0.254. The Morgan fingerprint density at radius 1 is 1.60 bits per heavy atom. The van der Waals surface area contributed by atoms with Gasteiger partial charge in [0.15, 0.2) is 0 Å². The van der Waals surface area contributed by atoms with E-state index in [2.05, 4.69) is 9.86 Å². The quantitative estimate of drug-likeness (QED) is 0.444. The van der Waals surface area contributed by atoms with Gasteiger partial charge in [-0.15, -0.1) is 0 Å². The van der Waals surface area contributed by atoms with Gasteiger partial charge in [-0.1, -0.05) is 12.2 Å². The second-order valence-corrected chi connectivity index (χ2v) is 3.18. The standard InChI is InChI=1S/C5H12N2O2S/c1-2-3-4-5-7-10(6,8)9/h2-3,7H,4-5H2,1H3,(H2,6,8,9)/b3-2+. The molecule has 0 amide bonds. The molecule has 0 aliphatic rings. The first-order valence-electron chi connectivity index (χ1n) is 2.95. The molecule has 10 heavy (non-hydrogen) atoms. The average molecular weight is 164 g/mol. The summed E-state index contributed by atoms with van der Waals surface area (Å²) in [6.45, 7) is 2.24. The molecule has 5 heteroatoms. The molecule has 0 rings (SSSR count). The van der Waals surface area contributed by atoms with Crippen molar-refractivity contribution in [2.24, 2.45) is 5.14 Å². The van der Waals surface area contributed by atoms with Gasteiger partial charge in [-0.25, -0.2) is 9.86 Å². The van der Waals surface area contributed by atoms with E-state index in [0.717, 1.165) is 0 Å². The van der Waals surface area contributed by atoms with E-state index in [0.29, 0.717) is 13.0 Å². The molecule has 0 saturated carbocycles. The molecular weight excluding hydrogens is 152 g/mol. The topological polar surface area (TPSA) is 72.2 Å². The van der Waals surface area contributed by atoms with E-state index in [-0.39, 0.29) is 0 Å². The third kappa shape index (κ3) is 7.61. The van der Waals surface area contributed by atoms with Gasteiger partial charge in [-0.05, 0) is 13.3 Å². The molecule has 3 N–H and O–H groups in total. The third-order valence-electron chi connectivity index (χ3n) is 0.850. The van der Waals surface area contributed by atoms with Crippen LogP contribution in [-0.4, -0.2) is 15.0 Å². The molecular formula is C5H12N2O2S. The summed E-state index contributed by atoms with van der Waals surface area (Å²) >= 11 is 0. The first-order valence-corrected chi connectivity index (χ1v) is 4.49. The number of hydrogen-bond donors (Lipinski definition) is 2. The van der Waals surface area contributed by atoms with Crippen LogP contribution < -0.4 is 9.86 Å². The number of allylic oxidation sites excluding steroid dienone is 1. The lowest BCUT2D eigenvalue weighted by Crippen LogP contribution is -2.31. The Balaban J connectivity index is 3.39. The highest BCUT2D eigenvalue weighted by Gasteiger charge is 1.96. The van der Waals surface area contributed by atoms with Crippen LogP contribution >= 0.6 is 0 Å². The van der Waals surface area contributed by atoms with Crippen LogP contribution in [0.2, 0.25) is 0 Å². The van der Waals surface area contributed by atoms with Crippen molar-refractivity contribution >= 4 is 10.2 Å². The molecule has 0 fully saturated rings. The Labute approximate surface area is 61.3 Å². The van der Waals surface area contributed by atoms with E-state index >= 15 is 0 Å². The first-order chi connectivity index (χ1) is 4.56. The number of nitrogens with one attached hydrogen (secondary N) is 1. The van der Waals surface area contributed by atoms with Crippen LogP contribution in [0.15, 0.2) is 12.2 Å². The summed E-state index contributed by atoms with van der Waals surface area (Å²) in [5.41, 5.74) is 0. The van der Waals surface area contributed by atoms with Crippen molar-refractivity contribution in [2.45, 2.75) is 13.3 Å². The van der Waals surface area contributed by atoms with Crippen LogP contribution in [-0.2, 0) is 10.2 Å². The van der Waals surface area contributed by atoms with Gasteiger partial charge in [0.1, 0.15) is 0 Å². The van der Waals surface area contributed by atoms with Crippen molar-refractivity contribution in [1.29, 1.82) is 0 Å². The van der Waals surface area contributed by atoms with Gasteiger partial charge in [0.05, 0.1) is 0 Å². The first kappa shape index (κ1) is 9.61. The summed E-state index contributed by atoms with van der Waals surface area (Å²) in [4.78, 5) is 0. The molecule has 0 bridgehead atoms. The molecule has 0 aliphatic carbocycles. The van der Waals surface area contributed by atoms with Crippen LogP contribution in [0.5, 0.6) is 0 Å². The number of rotatable bonds is 4. The molecule has 60 valence electrons. The van der Waals surface area contributed by atoms with E-state index in [1.54, 1.807) is 0 Å².